The fourth-order valence-corrected chi connectivity index (χ4v) is 6.66. The van der Waals surface area contributed by atoms with Crippen LogP contribution in [0.3, 0.4) is 0 Å². The smallest absolute Gasteiger partial charge is 0.243 e. The van der Waals surface area contributed by atoms with Crippen LogP contribution in [0.2, 0.25) is 0 Å². The first-order valence-corrected chi connectivity index (χ1v) is 16.7. The van der Waals surface area contributed by atoms with Crippen molar-refractivity contribution in [3.8, 4) is 0 Å². The molecule has 0 spiro atoms. The standard InChI is InChI=1S/C34H43N3O4S/c1-26-19-21-29(22-20-26)25-36(32(24-28-13-5-4-6-14-28)34(39)35-30-15-8-9-16-30)33(38)18-11-23-37(42(3,40)41)31-17-10-7-12-27(31)2/h4-7,10,12-14,17,19-22,30,32H,8-9,11,15-16,18,23-25H2,1-3H3,(H,35,39). The topological polar surface area (TPSA) is 86.8 Å². The van der Waals surface area contributed by atoms with Gasteiger partial charge in [-0.15, -0.1) is 0 Å². The Morgan fingerprint density at radius 1 is 0.881 bits per heavy atom. The molecule has 0 saturated heterocycles. The molecule has 0 radical (unpaired) electrons. The van der Waals surface area contributed by atoms with Gasteiger partial charge in [-0.1, -0.05) is 91.2 Å². The number of benzene rings is 3. The SMILES string of the molecule is Cc1ccc(CN(C(=O)CCCN(c2ccccc2C)S(C)(=O)=O)C(Cc2ccccc2)C(=O)NC2CCCC2)cc1. The van der Waals surface area contributed by atoms with E-state index in [0.29, 0.717) is 25.1 Å². The van der Waals surface area contributed by atoms with Crippen LogP contribution in [0.1, 0.15) is 60.8 Å². The summed E-state index contributed by atoms with van der Waals surface area (Å²) in [5, 5.41) is 3.23. The van der Waals surface area contributed by atoms with Crippen molar-refractivity contribution in [3.63, 3.8) is 0 Å². The van der Waals surface area contributed by atoms with Crippen molar-refractivity contribution < 1.29 is 18.0 Å². The van der Waals surface area contributed by atoms with Gasteiger partial charge in [0.1, 0.15) is 6.04 Å². The molecule has 7 nitrogen and oxygen atoms in total. The van der Waals surface area contributed by atoms with Crippen molar-refractivity contribution in [2.45, 2.75) is 77.4 Å². The summed E-state index contributed by atoms with van der Waals surface area (Å²) >= 11 is 0. The summed E-state index contributed by atoms with van der Waals surface area (Å²) in [5.74, 6) is -0.305. The van der Waals surface area contributed by atoms with E-state index in [1.165, 1.54) is 10.6 Å². The molecule has 1 fully saturated rings. The van der Waals surface area contributed by atoms with Gasteiger partial charge < -0.3 is 10.2 Å². The highest BCUT2D eigenvalue weighted by Crippen LogP contribution is 2.24. The van der Waals surface area contributed by atoms with Crippen LogP contribution >= 0.6 is 0 Å². The molecule has 4 rings (SSSR count). The fourth-order valence-electron chi connectivity index (χ4n) is 5.64. The lowest BCUT2D eigenvalue weighted by Gasteiger charge is -2.33. The fraction of sp³-hybridized carbons (Fsp3) is 0.412. The van der Waals surface area contributed by atoms with Gasteiger partial charge in [-0.25, -0.2) is 8.42 Å². The highest BCUT2D eigenvalue weighted by molar-refractivity contribution is 7.92. The van der Waals surface area contributed by atoms with E-state index in [2.05, 4.69) is 5.32 Å². The van der Waals surface area contributed by atoms with Crippen LogP contribution < -0.4 is 9.62 Å². The summed E-state index contributed by atoms with van der Waals surface area (Å²) in [6, 6.07) is 24.6. The molecule has 1 aliphatic carbocycles. The van der Waals surface area contributed by atoms with Gasteiger partial charge in [-0.3, -0.25) is 13.9 Å². The second kappa shape index (κ2) is 14.5. The van der Waals surface area contributed by atoms with Gasteiger partial charge in [0.25, 0.3) is 0 Å². The third kappa shape index (κ3) is 8.68. The first kappa shape index (κ1) is 31.3. The number of carbonyl (C=O) groups is 2. The first-order valence-electron chi connectivity index (χ1n) is 14.8. The minimum Gasteiger partial charge on any atom is -0.352 e. The lowest BCUT2D eigenvalue weighted by Crippen LogP contribution is -2.52. The predicted octanol–water partition coefficient (Wildman–Crippen LogP) is 5.55. The van der Waals surface area contributed by atoms with Crippen LogP contribution in [0.5, 0.6) is 0 Å². The Labute approximate surface area is 251 Å². The maximum Gasteiger partial charge on any atom is 0.243 e. The Morgan fingerprint density at radius 3 is 2.17 bits per heavy atom. The van der Waals surface area contributed by atoms with E-state index < -0.39 is 16.1 Å². The van der Waals surface area contributed by atoms with E-state index in [-0.39, 0.29) is 30.8 Å². The van der Waals surface area contributed by atoms with Crippen molar-refractivity contribution in [3.05, 3.63) is 101 Å². The number of para-hydroxylation sites is 1. The van der Waals surface area contributed by atoms with E-state index in [0.717, 1.165) is 47.9 Å². The second-order valence-electron chi connectivity index (χ2n) is 11.4. The molecule has 8 heteroatoms. The van der Waals surface area contributed by atoms with Crippen molar-refractivity contribution in [1.29, 1.82) is 0 Å². The lowest BCUT2D eigenvalue weighted by molar-refractivity contribution is -0.141. The van der Waals surface area contributed by atoms with Crippen LogP contribution in [0.15, 0.2) is 78.9 Å². The van der Waals surface area contributed by atoms with E-state index in [4.69, 9.17) is 0 Å². The highest BCUT2D eigenvalue weighted by atomic mass is 32.2. The molecule has 1 aliphatic rings. The number of rotatable bonds is 13. The van der Waals surface area contributed by atoms with E-state index in [9.17, 15) is 18.0 Å². The Kier molecular flexibility index (Phi) is 10.8. The number of sulfonamides is 1. The van der Waals surface area contributed by atoms with E-state index >= 15 is 0 Å². The van der Waals surface area contributed by atoms with Gasteiger partial charge in [0.2, 0.25) is 21.8 Å². The number of nitrogens with zero attached hydrogens (tertiary/aromatic N) is 2. The minimum atomic E-state index is -3.55. The average molecular weight is 590 g/mol. The van der Waals surface area contributed by atoms with Gasteiger partial charge in [0.05, 0.1) is 11.9 Å². The maximum absolute atomic E-state index is 14.0. The molecule has 0 aliphatic heterocycles. The lowest BCUT2D eigenvalue weighted by atomic mass is 10.0. The average Bonchev–Trinajstić information content (AvgIpc) is 3.47. The minimum absolute atomic E-state index is 0.117. The quantitative estimate of drug-likeness (QED) is 0.283. The number of hydrogen-bond acceptors (Lipinski definition) is 4. The molecule has 224 valence electrons. The monoisotopic (exact) mass is 589 g/mol. The summed E-state index contributed by atoms with van der Waals surface area (Å²) in [6.07, 6.45) is 6.13. The van der Waals surface area contributed by atoms with Crippen molar-refractivity contribution in [1.82, 2.24) is 10.2 Å². The Balaban J connectivity index is 1.59. The van der Waals surface area contributed by atoms with Crippen LogP contribution in [-0.2, 0) is 32.6 Å². The van der Waals surface area contributed by atoms with Gasteiger partial charge in [-0.05, 0) is 55.9 Å². The zero-order valence-electron chi connectivity index (χ0n) is 25.0. The van der Waals surface area contributed by atoms with Gasteiger partial charge in [0, 0.05) is 32.0 Å². The molecule has 0 aromatic heterocycles. The number of anilines is 1. The number of amides is 2. The van der Waals surface area contributed by atoms with Crippen LogP contribution in [0.25, 0.3) is 0 Å². The highest BCUT2D eigenvalue weighted by Gasteiger charge is 2.32. The largest absolute Gasteiger partial charge is 0.352 e. The second-order valence-corrected chi connectivity index (χ2v) is 13.3. The Bertz CT molecular complexity index is 1440. The zero-order valence-corrected chi connectivity index (χ0v) is 25.8. The molecule has 1 unspecified atom stereocenters. The predicted molar refractivity (Wildman–Crippen MR) is 169 cm³/mol. The normalized spacial score (nSPS) is 14.4. The zero-order chi connectivity index (χ0) is 30.1. The Hall–Kier alpha value is -3.65. The maximum atomic E-state index is 14.0. The third-order valence-electron chi connectivity index (χ3n) is 7.98. The van der Waals surface area contributed by atoms with Crippen molar-refractivity contribution in [2.75, 3.05) is 17.1 Å². The summed E-state index contributed by atoms with van der Waals surface area (Å²) in [5.41, 5.74) is 4.50. The first-order chi connectivity index (χ1) is 20.1. The number of aryl methyl sites for hydroxylation is 2. The number of nitrogens with one attached hydrogen (secondary N) is 1. The molecular weight excluding hydrogens is 546 g/mol. The molecule has 3 aromatic rings. The summed E-state index contributed by atoms with van der Waals surface area (Å²) in [4.78, 5) is 29.5. The van der Waals surface area contributed by atoms with Crippen LogP contribution in [0.4, 0.5) is 5.69 Å². The molecule has 42 heavy (non-hydrogen) atoms. The van der Waals surface area contributed by atoms with Gasteiger partial charge in [-0.2, -0.15) is 0 Å². The van der Waals surface area contributed by atoms with Crippen molar-refractivity contribution >= 4 is 27.5 Å². The van der Waals surface area contributed by atoms with Gasteiger partial charge in [0.15, 0.2) is 0 Å². The van der Waals surface area contributed by atoms with E-state index in [1.807, 2.05) is 86.6 Å². The summed E-state index contributed by atoms with van der Waals surface area (Å²) in [6.45, 7) is 4.36. The molecule has 1 saturated carbocycles. The molecule has 1 atom stereocenters. The van der Waals surface area contributed by atoms with E-state index in [1.54, 1.807) is 11.0 Å². The molecule has 0 heterocycles. The molecule has 1 N–H and O–H groups in total. The summed E-state index contributed by atoms with van der Waals surface area (Å²) in [7, 11) is -3.55. The Morgan fingerprint density at radius 2 is 1.52 bits per heavy atom. The van der Waals surface area contributed by atoms with Crippen molar-refractivity contribution in [2.24, 2.45) is 0 Å². The molecular formula is C34H43N3O4S. The molecule has 3 aromatic carbocycles. The van der Waals surface area contributed by atoms with Gasteiger partial charge >= 0.3 is 0 Å². The third-order valence-corrected chi connectivity index (χ3v) is 9.16. The molecule has 2 amide bonds. The molecule has 0 bridgehead atoms. The number of hydrogen-bond donors (Lipinski definition) is 1. The summed E-state index contributed by atoms with van der Waals surface area (Å²) < 4.78 is 26.8. The number of carbonyl (C=O) groups excluding carboxylic acids is 2. The van der Waals surface area contributed by atoms with Crippen LogP contribution in [0, 0.1) is 13.8 Å². The van der Waals surface area contributed by atoms with Crippen LogP contribution in [-0.4, -0.2) is 50.0 Å².